The van der Waals surface area contributed by atoms with Crippen molar-refractivity contribution in [3.63, 3.8) is 0 Å². The van der Waals surface area contributed by atoms with Gasteiger partial charge in [-0.2, -0.15) is 4.98 Å². The highest BCUT2D eigenvalue weighted by Crippen LogP contribution is 2.27. The van der Waals surface area contributed by atoms with Crippen LogP contribution in [-0.4, -0.2) is 28.2 Å². The van der Waals surface area contributed by atoms with Crippen LogP contribution in [0.25, 0.3) is 0 Å². The predicted octanol–water partition coefficient (Wildman–Crippen LogP) is 3.69. The van der Waals surface area contributed by atoms with E-state index in [1.165, 1.54) is 6.42 Å². The maximum Gasteiger partial charge on any atom is 0.232 e. The average molecular weight is 380 g/mol. The number of nitrogens with zero attached hydrogens (tertiary/aromatic N) is 3. The molecule has 3 rings (SSSR count). The van der Waals surface area contributed by atoms with E-state index in [4.69, 9.17) is 28.2 Å². The standard InChI is InChI=1S/C17H22ClN5OS/c1-11-6-12(2)10-23(9-11)15-7-14(18)20-16(21-15)22-17(25)19-8-13-4-3-5-24-13/h3-5,7,11-12H,6,8-10H2,1-2H3,(H2,19,20,21,22,25)/t11-,12+. The van der Waals surface area contributed by atoms with Crippen molar-refractivity contribution < 1.29 is 4.42 Å². The van der Waals surface area contributed by atoms with Gasteiger partial charge in [-0.05, 0) is 42.6 Å². The Kier molecular flexibility index (Phi) is 5.75. The maximum absolute atomic E-state index is 6.19. The van der Waals surface area contributed by atoms with Gasteiger partial charge in [0, 0.05) is 19.2 Å². The summed E-state index contributed by atoms with van der Waals surface area (Å²) in [4.78, 5) is 11.1. The van der Waals surface area contributed by atoms with Crippen LogP contribution in [0, 0.1) is 11.8 Å². The van der Waals surface area contributed by atoms with Gasteiger partial charge < -0.3 is 20.0 Å². The molecule has 3 heterocycles. The van der Waals surface area contributed by atoms with Crippen molar-refractivity contribution in [3.05, 3.63) is 35.4 Å². The lowest BCUT2D eigenvalue weighted by atomic mass is 9.92. The number of aromatic nitrogens is 2. The minimum Gasteiger partial charge on any atom is -0.467 e. The fourth-order valence-electron chi connectivity index (χ4n) is 3.20. The first-order valence-electron chi connectivity index (χ1n) is 8.36. The quantitative estimate of drug-likeness (QED) is 0.620. The Labute approximate surface area is 158 Å². The van der Waals surface area contributed by atoms with Crippen molar-refractivity contribution in [1.82, 2.24) is 15.3 Å². The van der Waals surface area contributed by atoms with Crippen LogP contribution in [0.15, 0.2) is 28.9 Å². The lowest BCUT2D eigenvalue weighted by Crippen LogP contribution is -2.39. The van der Waals surface area contributed by atoms with Gasteiger partial charge in [-0.1, -0.05) is 25.4 Å². The van der Waals surface area contributed by atoms with E-state index in [-0.39, 0.29) is 0 Å². The number of halogens is 1. The molecular formula is C17H22ClN5OS. The van der Waals surface area contributed by atoms with Crippen LogP contribution in [0.4, 0.5) is 11.8 Å². The summed E-state index contributed by atoms with van der Waals surface area (Å²) in [7, 11) is 0. The topological polar surface area (TPSA) is 66.2 Å². The molecule has 0 radical (unpaired) electrons. The van der Waals surface area contributed by atoms with Crippen LogP contribution in [0.5, 0.6) is 0 Å². The molecule has 0 aliphatic carbocycles. The minimum atomic E-state index is 0.394. The molecular weight excluding hydrogens is 358 g/mol. The molecule has 2 atom stereocenters. The number of thiocarbonyl (C=S) groups is 1. The van der Waals surface area contributed by atoms with E-state index >= 15 is 0 Å². The van der Waals surface area contributed by atoms with Gasteiger partial charge in [-0.15, -0.1) is 0 Å². The summed E-state index contributed by atoms with van der Waals surface area (Å²) < 4.78 is 5.26. The van der Waals surface area contributed by atoms with Crippen molar-refractivity contribution in [3.8, 4) is 0 Å². The number of anilines is 2. The highest BCUT2D eigenvalue weighted by molar-refractivity contribution is 7.80. The van der Waals surface area contributed by atoms with Crippen molar-refractivity contribution in [2.75, 3.05) is 23.3 Å². The summed E-state index contributed by atoms with van der Waals surface area (Å²) in [6, 6.07) is 5.51. The van der Waals surface area contributed by atoms with Crippen molar-refractivity contribution in [2.24, 2.45) is 11.8 Å². The van der Waals surface area contributed by atoms with Gasteiger partial charge >= 0.3 is 0 Å². The van der Waals surface area contributed by atoms with E-state index in [0.717, 1.165) is 24.7 Å². The van der Waals surface area contributed by atoms with Crippen LogP contribution in [0.1, 0.15) is 26.0 Å². The predicted molar refractivity (Wildman–Crippen MR) is 104 cm³/mol. The van der Waals surface area contributed by atoms with E-state index in [0.29, 0.717) is 34.6 Å². The third kappa shape index (κ3) is 5.06. The van der Waals surface area contributed by atoms with Crippen molar-refractivity contribution in [1.29, 1.82) is 0 Å². The van der Waals surface area contributed by atoms with Crippen molar-refractivity contribution in [2.45, 2.75) is 26.8 Å². The van der Waals surface area contributed by atoms with Crippen LogP contribution in [0.3, 0.4) is 0 Å². The molecule has 2 N–H and O–H groups in total. The summed E-state index contributed by atoms with van der Waals surface area (Å²) >= 11 is 11.5. The number of piperidine rings is 1. The second kappa shape index (κ2) is 8.01. The van der Waals surface area contributed by atoms with Crippen LogP contribution >= 0.6 is 23.8 Å². The molecule has 0 saturated carbocycles. The van der Waals surface area contributed by atoms with E-state index in [1.54, 1.807) is 12.3 Å². The number of hydrogen-bond acceptors (Lipinski definition) is 5. The molecule has 1 saturated heterocycles. The molecule has 1 aliphatic rings. The molecule has 1 aliphatic heterocycles. The van der Waals surface area contributed by atoms with E-state index in [1.807, 2.05) is 12.1 Å². The number of hydrogen-bond donors (Lipinski definition) is 2. The molecule has 0 amide bonds. The van der Waals surface area contributed by atoms with Gasteiger partial charge in [-0.25, -0.2) is 4.98 Å². The lowest BCUT2D eigenvalue weighted by Gasteiger charge is -2.35. The Morgan fingerprint density at radius 2 is 2.12 bits per heavy atom. The maximum atomic E-state index is 6.19. The molecule has 2 aromatic rings. The SMILES string of the molecule is C[C@@H]1C[C@H](C)CN(c2cc(Cl)nc(NC(=S)NCc3ccco3)n2)C1. The first-order chi connectivity index (χ1) is 12.0. The molecule has 0 spiro atoms. The Bertz CT molecular complexity index is 714. The zero-order valence-electron chi connectivity index (χ0n) is 14.3. The summed E-state index contributed by atoms with van der Waals surface area (Å²) in [5, 5.41) is 6.87. The fourth-order valence-corrected chi connectivity index (χ4v) is 3.54. The van der Waals surface area contributed by atoms with Gasteiger partial charge in [0.15, 0.2) is 5.11 Å². The molecule has 0 aromatic carbocycles. The fraction of sp³-hybridized carbons (Fsp3) is 0.471. The number of rotatable bonds is 4. The second-order valence-electron chi connectivity index (χ2n) is 6.61. The van der Waals surface area contributed by atoms with Gasteiger partial charge in [-0.3, -0.25) is 0 Å². The first-order valence-corrected chi connectivity index (χ1v) is 9.15. The van der Waals surface area contributed by atoms with Gasteiger partial charge in [0.2, 0.25) is 5.95 Å². The molecule has 0 unspecified atom stereocenters. The third-order valence-corrected chi connectivity index (χ3v) is 4.54. The molecule has 1 fully saturated rings. The summed E-state index contributed by atoms with van der Waals surface area (Å²) in [6.45, 7) is 6.96. The summed E-state index contributed by atoms with van der Waals surface area (Å²) in [5.74, 6) is 3.28. The van der Waals surface area contributed by atoms with Crippen LogP contribution in [-0.2, 0) is 6.54 Å². The van der Waals surface area contributed by atoms with Gasteiger partial charge in [0.1, 0.15) is 16.7 Å². The molecule has 134 valence electrons. The van der Waals surface area contributed by atoms with Crippen molar-refractivity contribution >= 4 is 40.7 Å². The Balaban J connectivity index is 1.65. The van der Waals surface area contributed by atoms with Crippen LogP contribution < -0.4 is 15.5 Å². The molecule has 25 heavy (non-hydrogen) atoms. The van der Waals surface area contributed by atoms with Gasteiger partial charge in [0.05, 0.1) is 12.8 Å². The summed E-state index contributed by atoms with van der Waals surface area (Å²) in [5.41, 5.74) is 0. The smallest absolute Gasteiger partial charge is 0.232 e. The first kappa shape index (κ1) is 17.9. The summed E-state index contributed by atoms with van der Waals surface area (Å²) in [6.07, 6.45) is 2.86. The highest BCUT2D eigenvalue weighted by atomic mass is 35.5. The lowest BCUT2D eigenvalue weighted by molar-refractivity contribution is 0.355. The third-order valence-electron chi connectivity index (χ3n) is 4.10. The molecule has 8 heteroatoms. The van der Waals surface area contributed by atoms with E-state index in [9.17, 15) is 0 Å². The van der Waals surface area contributed by atoms with E-state index in [2.05, 4.69) is 39.3 Å². The number of nitrogens with one attached hydrogen (secondary N) is 2. The van der Waals surface area contributed by atoms with Crippen LogP contribution in [0.2, 0.25) is 5.15 Å². The monoisotopic (exact) mass is 379 g/mol. The highest BCUT2D eigenvalue weighted by Gasteiger charge is 2.23. The average Bonchev–Trinajstić information content (AvgIpc) is 3.05. The zero-order valence-corrected chi connectivity index (χ0v) is 15.9. The zero-order chi connectivity index (χ0) is 17.8. The minimum absolute atomic E-state index is 0.394. The number of furan rings is 1. The Morgan fingerprint density at radius 3 is 2.80 bits per heavy atom. The second-order valence-corrected chi connectivity index (χ2v) is 7.41. The van der Waals surface area contributed by atoms with Gasteiger partial charge in [0.25, 0.3) is 0 Å². The molecule has 0 bridgehead atoms. The molecule has 6 nitrogen and oxygen atoms in total. The Hall–Kier alpha value is -1.86. The normalized spacial score (nSPS) is 20.4. The largest absolute Gasteiger partial charge is 0.467 e. The molecule has 2 aromatic heterocycles. The van der Waals surface area contributed by atoms with E-state index < -0.39 is 0 Å². The Morgan fingerprint density at radius 1 is 1.36 bits per heavy atom.